The van der Waals surface area contributed by atoms with Crippen molar-refractivity contribution in [2.75, 3.05) is 5.75 Å². The van der Waals surface area contributed by atoms with Crippen LogP contribution in [0.1, 0.15) is 21.6 Å². The van der Waals surface area contributed by atoms with Gasteiger partial charge in [-0.05, 0) is 35.9 Å². The van der Waals surface area contributed by atoms with Gasteiger partial charge in [0.2, 0.25) is 0 Å². The number of carbonyl (C=O) groups excluding carboxylic acids is 1. The van der Waals surface area contributed by atoms with Gasteiger partial charge in [0, 0.05) is 16.8 Å². The van der Waals surface area contributed by atoms with Crippen LogP contribution in [0.2, 0.25) is 5.02 Å². The molecular weight excluding hydrogens is 314 g/mol. The molecule has 0 N–H and O–H groups in total. The second-order valence-corrected chi connectivity index (χ2v) is 6.88. The first kappa shape index (κ1) is 13.9. The van der Waals surface area contributed by atoms with Crippen LogP contribution in [0.25, 0.3) is 10.9 Å². The van der Waals surface area contributed by atoms with E-state index in [0.29, 0.717) is 10.6 Å². The van der Waals surface area contributed by atoms with Crippen LogP contribution in [-0.4, -0.2) is 16.2 Å². The van der Waals surface area contributed by atoms with Crippen molar-refractivity contribution >= 4 is 40.2 Å². The van der Waals surface area contributed by atoms with Gasteiger partial charge in [-0.3, -0.25) is 9.36 Å². The average Bonchev–Trinajstić information content (AvgIpc) is 2.89. The molecule has 4 rings (SSSR count). The smallest absolute Gasteiger partial charge is 0.264 e. The SMILES string of the molecule is O=C(c1ccccc1Cl)n1c2c(c3ccccc31)CSCC2. The summed E-state index contributed by atoms with van der Waals surface area (Å²) in [7, 11) is 0. The summed E-state index contributed by atoms with van der Waals surface area (Å²) in [6.07, 6.45) is 0.922. The van der Waals surface area contributed by atoms with E-state index >= 15 is 0 Å². The fourth-order valence-electron chi connectivity index (χ4n) is 3.11. The molecule has 2 nitrogen and oxygen atoms in total. The normalized spacial score (nSPS) is 14.0. The molecule has 0 saturated carbocycles. The van der Waals surface area contributed by atoms with Crippen molar-refractivity contribution in [3.05, 3.63) is 70.4 Å². The maximum absolute atomic E-state index is 13.1. The number of aromatic nitrogens is 1. The van der Waals surface area contributed by atoms with Gasteiger partial charge in [-0.2, -0.15) is 11.8 Å². The van der Waals surface area contributed by atoms with Crippen LogP contribution in [0, 0.1) is 0 Å². The molecule has 0 aliphatic carbocycles. The van der Waals surface area contributed by atoms with E-state index in [1.165, 1.54) is 10.9 Å². The Morgan fingerprint density at radius 2 is 1.86 bits per heavy atom. The van der Waals surface area contributed by atoms with Crippen LogP contribution in [0.3, 0.4) is 0 Å². The lowest BCUT2D eigenvalue weighted by Crippen LogP contribution is -2.17. The molecule has 1 aromatic heterocycles. The predicted molar refractivity (Wildman–Crippen MR) is 93.0 cm³/mol. The van der Waals surface area contributed by atoms with Gasteiger partial charge < -0.3 is 0 Å². The predicted octanol–water partition coefficient (Wildman–Crippen LogP) is 4.77. The summed E-state index contributed by atoms with van der Waals surface area (Å²) in [5.41, 5.74) is 3.99. The van der Waals surface area contributed by atoms with Crippen molar-refractivity contribution in [1.82, 2.24) is 4.57 Å². The molecule has 0 atom stereocenters. The summed E-state index contributed by atoms with van der Waals surface area (Å²) in [4.78, 5) is 13.1. The molecule has 0 amide bonds. The molecule has 22 heavy (non-hydrogen) atoms. The first-order chi connectivity index (χ1) is 10.8. The number of rotatable bonds is 1. The van der Waals surface area contributed by atoms with Gasteiger partial charge in [0.1, 0.15) is 0 Å². The van der Waals surface area contributed by atoms with Crippen LogP contribution >= 0.6 is 23.4 Å². The summed E-state index contributed by atoms with van der Waals surface area (Å²) < 4.78 is 1.87. The molecule has 0 unspecified atom stereocenters. The minimum atomic E-state index is -0.0325. The zero-order chi connectivity index (χ0) is 15.1. The summed E-state index contributed by atoms with van der Waals surface area (Å²) in [6.45, 7) is 0. The van der Waals surface area contributed by atoms with Crippen LogP contribution in [0.15, 0.2) is 48.5 Å². The third-order valence-corrected chi connectivity index (χ3v) is 5.44. The zero-order valence-electron chi connectivity index (χ0n) is 11.9. The van der Waals surface area contributed by atoms with Crippen LogP contribution in [0.4, 0.5) is 0 Å². The minimum absolute atomic E-state index is 0.0325. The van der Waals surface area contributed by atoms with Gasteiger partial charge in [-0.15, -0.1) is 0 Å². The highest BCUT2D eigenvalue weighted by Crippen LogP contribution is 2.34. The lowest BCUT2D eigenvalue weighted by Gasteiger charge is -2.15. The highest BCUT2D eigenvalue weighted by atomic mass is 35.5. The maximum Gasteiger partial charge on any atom is 0.264 e. The quantitative estimate of drug-likeness (QED) is 0.642. The molecule has 4 heteroatoms. The van der Waals surface area contributed by atoms with Crippen molar-refractivity contribution in [2.24, 2.45) is 0 Å². The molecule has 0 radical (unpaired) electrons. The highest BCUT2D eigenvalue weighted by molar-refractivity contribution is 7.98. The molecular formula is C18H14ClNOS. The van der Waals surface area contributed by atoms with Gasteiger partial charge in [-0.25, -0.2) is 0 Å². The molecule has 2 heterocycles. The van der Waals surface area contributed by atoms with Crippen molar-refractivity contribution in [1.29, 1.82) is 0 Å². The molecule has 3 aromatic rings. The van der Waals surface area contributed by atoms with Gasteiger partial charge >= 0.3 is 0 Å². The summed E-state index contributed by atoms with van der Waals surface area (Å²) in [6, 6.07) is 15.4. The van der Waals surface area contributed by atoms with Crippen LogP contribution in [-0.2, 0) is 12.2 Å². The summed E-state index contributed by atoms with van der Waals surface area (Å²) in [5, 5.41) is 1.69. The second-order valence-electron chi connectivity index (χ2n) is 5.37. The number of halogens is 1. The first-order valence-corrected chi connectivity index (χ1v) is 8.79. The van der Waals surface area contributed by atoms with E-state index in [0.717, 1.165) is 29.1 Å². The number of benzene rings is 2. The number of para-hydroxylation sites is 1. The summed E-state index contributed by atoms with van der Waals surface area (Å²) in [5.74, 6) is 1.99. The van der Waals surface area contributed by atoms with E-state index in [-0.39, 0.29) is 5.91 Å². The molecule has 1 aliphatic heterocycles. The Balaban J connectivity index is 1.99. The van der Waals surface area contributed by atoms with Crippen molar-refractivity contribution in [3.63, 3.8) is 0 Å². The fraction of sp³-hybridized carbons (Fsp3) is 0.167. The molecule has 0 bridgehead atoms. The maximum atomic E-state index is 13.1. The third kappa shape index (κ3) is 2.08. The first-order valence-electron chi connectivity index (χ1n) is 7.25. The Morgan fingerprint density at radius 3 is 2.73 bits per heavy atom. The minimum Gasteiger partial charge on any atom is -0.280 e. The lowest BCUT2D eigenvalue weighted by atomic mass is 10.1. The van der Waals surface area contributed by atoms with Gasteiger partial charge in [-0.1, -0.05) is 41.9 Å². The number of nitrogens with zero attached hydrogens (tertiary/aromatic N) is 1. The van der Waals surface area contributed by atoms with Gasteiger partial charge in [0.05, 0.1) is 16.1 Å². The van der Waals surface area contributed by atoms with Crippen molar-refractivity contribution < 1.29 is 4.79 Å². The van der Waals surface area contributed by atoms with E-state index in [1.807, 2.05) is 46.7 Å². The Labute approximate surface area is 138 Å². The summed E-state index contributed by atoms with van der Waals surface area (Å²) >= 11 is 8.16. The van der Waals surface area contributed by atoms with E-state index in [9.17, 15) is 4.79 Å². The molecule has 2 aromatic carbocycles. The van der Waals surface area contributed by atoms with E-state index < -0.39 is 0 Å². The van der Waals surface area contributed by atoms with Gasteiger partial charge in [0.25, 0.3) is 5.91 Å². The third-order valence-electron chi connectivity index (χ3n) is 4.13. The topological polar surface area (TPSA) is 22.0 Å². The fourth-order valence-corrected chi connectivity index (χ4v) is 4.34. The van der Waals surface area contributed by atoms with E-state index in [2.05, 4.69) is 6.07 Å². The van der Waals surface area contributed by atoms with Gasteiger partial charge in [0.15, 0.2) is 0 Å². The molecule has 0 fully saturated rings. The Hall–Kier alpha value is -1.71. The molecule has 110 valence electrons. The largest absolute Gasteiger partial charge is 0.280 e. The second kappa shape index (κ2) is 5.49. The lowest BCUT2D eigenvalue weighted by molar-refractivity contribution is 0.0962. The highest BCUT2D eigenvalue weighted by Gasteiger charge is 2.24. The zero-order valence-corrected chi connectivity index (χ0v) is 13.5. The Morgan fingerprint density at radius 1 is 1.09 bits per heavy atom. The standard InChI is InChI=1S/C18H14ClNOS/c19-15-7-3-1-6-13(15)18(21)20-16-8-4-2-5-12(16)14-11-22-10-9-17(14)20/h1-8H,9-11H2. The Kier molecular flexibility index (Phi) is 3.47. The number of hydrogen-bond donors (Lipinski definition) is 0. The van der Waals surface area contributed by atoms with Crippen molar-refractivity contribution in [2.45, 2.75) is 12.2 Å². The number of hydrogen-bond acceptors (Lipinski definition) is 2. The molecule has 1 aliphatic rings. The number of carbonyl (C=O) groups is 1. The van der Waals surface area contributed by atoms with E-state index in [4.69, 9.17) is 11.6 Å². The van der Waals surface area contributed by atoms with Crippen LogP contribution < -0.4 is 0 Å². The Bertz CT molecular complexity index is 884. The number of fused-ring (bicyclic) bond motifs is 3. The monoisotopic (exact) mass is 327 g/mol. The molecule has 0 saturated heterocycles. The molecule has 0 spiro atoms. The number of thioether (sulfide) groups is 1. The van der Waals surface area contributed by atoms with E-state index in [1.54, 1.807) is 12.1 Å². The van der Waals surface area contributed by atoms with Crippen molar-refractivity contribution in [3.8, 4) is 0 Å². The van der Waals surface area contributed by atoms with Crippen LogP contribution in [0.5, 0.6) is 0 Å². The average molecular weight is 328 g/mol.